The van der Waals surface area contributed by atoms with Gasteiger partial charge in [0.1, 0.15) is 0 Å². The summed E-state index contributed by atoms with van der Waals surface area (Å²) in [5.74, 6) is -0.0806. The van der Waals surface area contributed by atoms with Gasteiger partial charge >= 0.3 is 6.03 Å². The zero-order valence-electron chi connectivity index (χ0n) is 10.7. The van der Waals surface area contributed by atoms with E-state index in [1.54, 1.807) is 24.3 Å². The molecule has 0 spiro atoms. The highest BCUT2D eigenvalue weighted by Gasteiger charge is 2.04. The van der Waals surface area contributed by atoms with Gasteiger partial charge in [-0.3, -0.25) is 4.79 Å². The molecule has 1 atom stereocenters. The van der Waals surface area contributed by atoms with Crippen LogP contribution in [0.1, 0.15) is 19.8 Å². The van der Waals surface area contributed by atoms with Gasteiger partial charge in [0.25, 0.3) is 0 Å². The minimum atomic E-state index is -0.622. The maximum atomic E-state index is 11.5. The summed E-state index contributed by atoms with van der Waals surface area (Å²) >= 11 is 0. The number of hydrogen-bond acceptors (Lipinski definition) is 3. The first kappa shape index (κ1) is 17.2. The lowest BCUT2D eigenvalue weighted by Crippen LogP contribution is -2.20. The highest BCUT2D eigenvalue weighted by atomic mass is 35.5. The molecule has 0 bridgehead atoms. The van der Waals surface area contributed by atoms with Crippen LogP contribution in [0.25, 0.3) is 0 Å². The Hall–Kier alpha value is -1.79. The average Bonchev–Trinajstić information content (AvgIpc) is 2.28. The number of primary amides is 1. The van der Waals surface area contributed by atoms with E-state index in [1.807, 2.05) is 6.92 Å². The van der Waals surface area contributed by atoms with E-state index in [2.05, 4.69) is 10.6 Å². The molecule has 0 saturated carbocycles. The highest BCUT2D eigenvalue weighted by Crippen LogP contribution is 2.13. The number of anilines is 2. The molecule has 1 unspecified atom stereocenters. The Balaban J connectivity index is 0.00000324. The van der Waals surface area contributed by atoms with Crippen molar-refractivity contribution in [2.75, 3.05) is 10.6 Å². The lowest BCUT2D eigenvalue weighted by atomic mass is 10.2. The van der Waals surface area contributed by atoms with Crippen LogP contribution in [-0.4, -0.2) is 18.0 Å². The minimum absolute atomic E-state index is 0. The van der Waals surface area contributed by atoms with E-state index in [-0.39, 0.29) is 24.4 Å². The van der Waals surface area contributed by atoms with Gasteiger partial charge in [0, 0.05) is 23.8 Å². The van der Waals surface area contributed by atoms with Crippen LogP contribution in [0.4, 0.5) is 16.2 Å². The number of nitrogens with two attached hydrogens (primary N) is 2. The van der Waals surface area contributed by atoms with Gasteiger partial charge < -0.3 is 22.1 Å². The van der Waals surface area contributed by atoms with Crippen molar-refractivity contribution in [1.29, 1.82) is 0 Å². The van der Waals surface area contributed by atoms with Crippen molar-refractivity contribution in [1.82, 2.24) is 0 Å². The topological polar surface area (TPSA) is 110 Å². The van der Waals surface area contributed by atoms with Crippen LogP contribution >= 0.6 is 12.4 Å². The van der Waals surface area contributed by atoms with Crippen LogP contribution in [-0.2, 0) is 4.79 Å². The second-order valence-corrected chi connectivity index (χ2v) is 4.13. The zero-order valence-corrected chi connectivity index (χ0v) is 11.5. The first-order valence-electron chi connectivity index (χ1n) is 5.69. The number of carbonyl (C=O) groups excluding carboxylic acids is 2. The van der Waals surface area contributed by atoms with E-state index in [0.717, 1.165) is 0 Å². The van der Waals surface area contributed by atoms with E-state index in [4.69, 9.17) is 11.5 Å². The third kappa shape index (κ3) is 7.28. The molecule has 6 nitrogen and oxygen atoms in total. The number of amides is 3. The molecule has 0 aliphatic carbocycles. The lowest BCUT2D eigenvalue weighted by Gasteiger charge is -2.08. The van der Waals surface area contributed by atoms with E-state index in [9.17, 15) is 9.59 Å². The molecule has 0 aliphatic rings. The Kier molecular flexibility index (Phi) is 7.55. The predicted octanol–water partition coefficient (Wildman–Crippen LogP) is 1.66. The van der Waals surface area contributed by atoms with Gasteiger partial charge in [0.15, 0.2) is 0 Å². The quantitative estimate of drug-likeness (QED) is 0.660. The molecule has 19 heavy (non-hydrogen) atoms. The van der Waals surface area contributed by atoms with E-state index in [1.165, 1.54) is 0 Å². The van der Waals surface area contributed by atoms with Crippen molar-refractivity contribution in [3.63, 3.8) is 0 Å². The highest BCUT2D eigenvalue weighted by molar-refractivity contribution is 5.91. The number of rotatable bonds is 5. The smallest absolute Gasteiger partial charge is 0.316 e. The third-order valence-electron chi connectivity index (χ3n) is 2.26. The summed E-state index contributed by atoms with van der Waals surface area (Å²) in [7, 11) is 0. The van der Waals surface area contributed by atoms with Gasteiger partial charge in [-0.1, -0.05) is 0 Å². The maximum Gasteiger partial charge on any atom is 0.316 e. The molecule has 1 aromatic rings. The standard InChI is InChI=1S/C12H18N4O2.ClH/c1-8(13)2-7-11(17)15-9-3-5-10(6-4-9)16-12(14)18;/h3-6,8H,2,7,13H2,1H3,(H,15,17)(H3,14,16,18);1H. The van der Waals surface area contributed by atoms with E-state index in [0.29, 0.717) is 24.2 Å². The Morgan fingerprint density at radius 1 is 1.16 bits per heavy atom. The second kappa shape index (κ2) is 8.34. The molecule has 6 N–H and O–H groups in total. The number of carbonyl (C=O) groups is 2. The van der Waals surface area contributed by atoms with E-state index >= 15 is 0 Å². The summed E-state index contributed by atoms with van der Waals surface area (Å²) < 4.78 is 0. The molecule has 0 aromatic heterocycles. The van der Waals surface area contributed by atoms with Crippen LogP contribution in [0.5, 0.6) is 0 Å². The Morgan fingerprint density at radius 2 is 1.63 bits per heavy atom. The fraction of sp³-hybridized carbons (Fsp3) is 0.333. The number of hydrogen-bond donors (Lipinski definition) is 4. The summed E-state index contributed by atoms with van der Waals surface area (Å²) in [5.41, 5.74) is 11.8. The zero-order chi connectivity index (χ0) is 13.5. The fourth-order valence-electron chi connectivity index (χ4n) is 1.36. The first-order chi connectivity index (χ1) is 8.47. The SMILES string of the molecule is CC(N)CCC(=O)Nc1ccc(NC(N)=O)cc1.Cl. The van der Waals surface area contributed by atoms with E-state index < -0.39 is 6.03 Å². The largest absolute Gasteiger partial charge is 0.351 e. The van der Waals surface area contributed by atoms with Crippen LogP contribution < -0.4 is 22.1 Å². The molecule has 7 heteroatoms. The molecule has 1 aromatic carbocycles. The van der Waals surface area contributed by atoms with Crippen LogP contribution in [0.3, 0.4) is 0 Å². The van der Waals surface area contributed by atoms with Gasteiger partial charge in [0.2, 0.25) is 5.91 Å². The number of benzene rings is 1. The minimum Gasteiger partial charge on any atom is -0.351 e. The summed E-state index contributed by atoms with van der Waals surface area (Å²) in [6.07, 6.45) is 1.03. The van der Waals surface area contributed by atoms with Crippen molar-refractivity contribution in [2.45, 2.75) is 25.8 Å². The summed E-state index contributed by atoms with van der Waals surface area (Å²) in [6, 6.07) is 6.09. The summed E-state index contributed by atoms with van der Waals surface area (Å²) in [5, 5.41) is 5.17. The molecule has 0 fully saturated rings. The lowest BCUT2D eigenvalue weighted by molar-refractivity contribution is -0.116. The number of nitrogens with one attached hydrogen (secondary N) is 2. The van der Waals surface area contributed by atoms with Crippen molar-refractivity contribution in [3.05, 3.63) is 24.3 Å². The van der Waals surface area contributed by atoms with Gasteiger partial charge in [-0.25, -0.2) is 4.79 Å². The second-order valence-electron chi connectivity index (χ2n) is 4.13. The first-order valence-corrected chi connectivity index (χ1v) is 5.69. The molecule has 0 aliphatic heterocycles. The summed E-state index contributed by atoms with van der Waals surface area (Å²) in [6.45, 7) is 1.86. The third-order valence-corrected chi connectivity index (χ3v) is 2.26. The normalized spacial score (nSPS) is 11.1. The molecule has 0 radical (unpaired) electrons. The molecular weight excluding hydrogens is 268 g/mol. The number of urea groups is 1. The van der Waals surface area contributed by atoms with Crippen LogP contribution in [0.2, 0.25) is 0 Å². The van der Waals surface area contributed by atoms with Crippen molar-refractivity contribution < 1.29 is 9.59 Å². The Morgan fingerprint density at radius 3 is 2.05 bits per heavy atom. The molecule has 106 valence electrons. The Labute approximate surface area is 118 Å². The molecule has 0 saturated heterocycles. The van der Waals surface area contributed by atoms with Gasteiger partial charge in [-0.15, -0.1) is 12.4 Å². The molecular formula is C12H19ClN4O2. The van der Waals surface area contributed by atoms with Gasteiger partial charge in [-0.05, 0) is 37.6 Å². The van der Waals surface area contributed by atoms with Crippen LogP contribution in [0.15, 0.2) is 24.3 Å². The maximum absolute atomic E-state index is 11.5. The monoisotopic (exact) mass is 286 g/mol. The van der Waals surface area contributed by atoms with Crippen molar-refractivity contribution in [2.24, 2.45) is 11.5 Å². The van der Waals surface area contributed by atoms with Gasteiger partial charge in [0.05, 0.1) is 0 Å². The molecule has 3 amide bonds. The fourth-order valence-corrected chi connectivity index (χ4v) is 1.36. The molecule has 0 heterocycles. The Bertz CT molecular complexity index is 420. The molecule has 1 rings (SSSR count). The summed E-state index contributed by atoms with van der Waals surface area (Å²) in [4.78, 5) is 22.1. The number of halogens is 1. The predicted molar refractivity (Wildman–Crippen MR) is 78.4 cm³/mol. The average molecular weight is 287 g/mol. The van der Waals surface area contributed by atoms with Crippen LogP contribution in [0, 0.1) is 0 Å². The van der Waals surface area contributed by atoms with Gasteiger partial charge in [-0.2, -0.15) is 0 Å². The van der Waals surface area contributed by atoms with Crippen molar-refractivity contribution >= 4 is 35.7 Å². The van der Waals surface area contributed by atoms with Crippen molar-refractivity contribution in [3.8, 4) is 0 Å².